The lowest BCUT2D eigenvalue weighted by Crippen LogP contribution is -2.55. The zero-order valence-electron chi connectivity index (χ0n) is 12.5. The highest BCUT2D eigenvalue weighted by atomic mass is 16.4. The number of hydrogen-bond acceptors (Lipinski definition) is 2. The first kappa shape index (κ1) is 15.1. The maximum atomic E-state index is 12.8. The van der Waals surface area contributed by atoms with E-state index in [9.17, 15) is 9.59 Å². The molecule has 5 heteroatoms. The molecular weight excluding hydrogens is 256 g/mol. The van der Waals surface area contributed by atoms with Crippen LogP contribution in [0.25, 0.3) is 0 Å². The molecule has 1 saturated heterocycles. The number of nitrogens with zero attached hydrogens (tertiary/aromatic N) is 2. The molecule has 2 atom stereocenters. The largest absolute Gasteiger partial charge is 0.480 e. The minimum atomic E-state index is -0.914. The van der Waals surface area contributed by atoms with Crippen molar-refractivity contribution in [2.24, 2.45) is 5.92 Å². The van der Waals surface area contributed by atoms with E-state index in [4.69, 9.17) is 5.11 Å². The molecule has 2 aliphatic rings. The summed E-state index contributed by atoms with van der Waals surface area (Å²) < 4.78 is 0. The van der Waals surface area contributed by atoms with E-state index in [-0.39, 0.29) is 24.7 Å². The molecule has 2 amide bonds. The van der Waals surface area contributed by atoms with Gasteiger partial charge in [-0.25, -0.2) is 4.79 Å². The van der Waals surface area contributed by atoms with Gasteiger partial charge in [-0.3, -0.25) is 4.79 Å². The van der Waals surface area contributed by atoms with Crippen molar-refractivity contribution in [1.82, 2.24) is 9.80 Å². The lowest BCUT2D eigenvalue weighted by molar-refractivity contribution is -0.138. The van der Waals surface area contributed by atoms with Gasteiger partial charge in [0.1, 0.15) is 6.54 Å². The van der Waals surface area contributed by atoms with Gasteiger partial charge in [0.2, 0.25) is 0 Å². The monoisotopic (exact) mass is 282 g/mol. The van der Waals surface area contributed by atoms with E-state index >= 15 is 0 Å². The van der Waals surface area contributed by atoms with Gasteiger partial charge in [0.05, 0.1) is 0 Å². The van der Waals surface area contributed by atoms with Gasteiger partial charge in [-0.1, -0.05) is 19.8 Å². The molecule has 1 heterocycles. The Morgan fingerprint density at radius 3 is 2.40 bits per heavy atom. The van der Waals surface area contributed by atoms with Crippen LogP contribution in [0.2, 0.25) is 0 Å². The van der Waals surface area contributed by atoms with Crippen molar-refractivity contribution in [3.8, 4) is 0 Å². The van der Waals surface area contributed by atoms with Crippen LogP contribution in [0.15, 0.2) is 0 Å². The molecule has 2 fully saturated rings. The Labute approximate surface area is 120 Å². The second-order valence-electron chi connectivity index (χ2n) is 6.30. The summed E-state index contributed by atoms with van der Waals surface area (Å²) in [4.78, 5) is 27.3. The highest BCUT2D eigenvalue weighted by Crippen LogP contribution is 2.28. The summed E-state index contributed by atoms with van der Waals surface area (Å²) in [5, 5.41) is 9.10. The predicted molar refractivity (Wildman–Crippen MR) is 76.6 cm³/mol. The Morgan fingerprint density at radius 1 is 1.15 bits per heavy atom. The average Bonchev–Trinajstić information content (AvgIpc) is 2.92. The summed E-state index contributed by atoms with van der Waals surface area (Å²) in [7, 11) is 0. The number of carboxylic acid groups (broad SMARTS) is 1. The van der Waals surface area contributed by atoms with E-state index in [1.165, 1.54) is 0 Å². The third-order valence-corrected chi connectivity index (χ3v) is 4.94. The maximum Gasteiger partial charge on any atom is 0.323 e. The minimum absolute atomic E-state index is 0.0710. The molecule has 2 unspecified atom stereocenters. The summed E-state index contributed by atoms with van der Waals surface area (Å²) in [6, 6.07) is 0.246. The van der Waals surface area contributed by atoms with Crippen LogP contribution in [0.3, 0.4) is 0 Å². The fourth-order valence-corrected chi connectivity index (χ4v) is 3.49. The van der Waals surface area contributed by atoms with Crippen molar-refractivity contribution in [3.05, 3.63) is 0 Å². The number of aliphatic carboxylic acids is 1. The van der Waals surface area contributed by atoms with Crippen LogP contribution < -0.4 is 0 Å². The van der Waals surface area contributed by atoms with E-state index in [1.807, 2.05) is 4.90 Å². The SMILES string of the molecule is CC1CCCN(C(=O)N(CC(=O)O)C2CCCC2)C1C. The number of rotatable bonds is 3. The maximum absolute atomic E-state index is 12.8. The first-order valence-corrected chi connectivity index (χ1v) is 7.79. The van der Waals surface area contributed by atoms with Gasteiger partial charge in [-0.15, -0.1) is 0 Å². The predicted octanol–water partition coefficient (Wildman–Crippen LogP) is 2.56. The van der Waals surface area contributed by atoms with Crippen LogP contribution in [0.4, 0.5) is 4.79 Å². The van der Waals surface area contributed by atoms with Gasteiger partial charge in [0.15, 0.2) is 0 Å². The molecule has 20 heavy (non-hydrogen) atoms. The van der Waals surface area contributed by atoms with Gasteiger partial charge in [-0.05, 0) is 38.5 Å². The summed E-state index contributed by atoms with van der Waals surface area (Å²) >= 11 is 0. The van der Waals surface area contributed by atoms with Crippen LogP contribution >= 0.6 is 0 Å². The van der Waals surface area contributed by atoms with Gasteiger partial charge in [-0.2, -0.15) is 0 Å². The fourth-order valence-electron chi connectivity index (χ4n) is 3.49. The normalized spacial score (nSPS) is 27.6. The van der Waals surface area contributed by atoms with Crippen molar-refractivity contribution in [1.29, 1.82) is 0 Å². The summed E-state index contributed by atoms with van der Waals surface area (Å²) in [6.45, 7) is 4.84. The molecule has 2 rings (SSSR count). The van der Waals surface area contributed by atoms with Crippen molar-refractivity contribution in [2.75, 3.05) is 13.1 Å². The lowest BCUT2D eigenvalue weighted by Gasteiger charge is -2.41. The summed E-state index contributed by atoms with van der Waals surface area (Å²) in [5.74, 6) is -0.425. The van der Waals surface area contributed by atoms with Crippen molar-refractivity contribution < 1.29 is 14.7 Å². The van der Waals surface area contributed by atoms with Crippen molar-refractivity contribution in [3.63, 3.8) is 0 Å². The van der Waals surface area contributed by atoms with E-state index in [2.05, 4.69) is 13.8 Å². The molecule has 1 saturated carbocycles. The van der Waals surface area contributed by atoms with Gasteiger partial charge >= 0.3 is 12.0 Å². The van der Waals surface area contributed by atoms with E-state index < -0.39 is 5.97 Å². The molecule has 0 aromatic rings. The van der Waals surface area contributed by atoms with Crippen LogP contribution in [0.5, 0.6) is 0 Å². The molecular formula is C15H26N2O3. The Balaban J connectivity index is 2.10. The van der Waals surface area contributed by atoms with E-state index in [1.54, 1.807) is 4.90 Å². The second kappa shape index (κ2) is 6.46. The number of carbonyl (C=O) groups excluding carboxylic acids is 1. The molecule has 114 valence electrons. The number of carboxylic acids is 1. The number of piperidine rings is 1. The average molecular weight is 282 g/mol. The van der Waals surface area contributed by atoms with Crippen LogP contribution in [0.1, 0.15) is 52.4 Å². The highest BCUT2D eigenvalue weighted by molar-refractivity contribution is 5.80. The molecule has 1 aliphatic carbocycles. The molecule has 0 aromatic heterocycles. The lowest BCUT2D eigenvalue weighted by atomic mass is 9.92. The van der Waals surface area contributed by atoms with Crippen molar-refractivity contribution in [2.45, 2.75) is 64.5 Å². The Morgan fingerprint density at radius 2 is 1.80 bits per heavy atom. The van der Waals surface area contributed by atoms with Gasteiger partial charge < -0.3 is 14.9 Å². The molecule has 1 N–H and O–H groups in total. The van der Waals surface area contributed by atoms with Crippen LogP contribution in [-0.2, 0) is 4.79 Å². The standard InChI is InChI=1S/C15H26N2O3/c1-11-6-5-9-16(12(11)2)15(20)17(10-14(18)19)13-7-3-4-8-13/h11-13H,3-10H2,1-2H3,(H,18,19). The first-order valence-electron chi connectivity index (χ1n) is 7.79. The van der Waals surface area contributed by atoms with Gasteiger partial charge in [0.25, 0.3) is 0 Å². The number of hydrogen-bond donors (Lipinski definition) is 1. The molecule has 0 bridgehead atoms. The molecule has 0 aromatic carbocycles. The second-order valence-corrected chi connectivity index (χ2v) is 6.30. The highest BCUT2D eigenvalue weighted by Gasteiger charge is 2.35. The molecule has 0 radical (unpaired) electrons. The quantitative estimate of drug-likeness (QED) is 0.865. The van der Waals surface area contributed by atoms with Crippen LogP contribution in [0, 0.1) is 5.92 Å². The Bertz CT molecular complexity index is 366. The Hall–Kier alpha value is -1.26. The number of carbonyl (C=O) groups is 2. The summed E-state index contributed by atoms with van der Waals surface area (Å²) in [6.07, 6.45) is 6.24. The smallest absolute Gasteiger partial charge is 0.323 e. The van der Waals surface area contributed by atoms with Gasteiger partial charge in [0, 0.05) is 18.6 Å². The van der Waals surface area contributed by atoms with Crippen molar-refractivity contribution >= 4 is 12.0 Å². The zero-order valence-corrected chi connectivity index (χ0v) is 12.5. The zero-order chi connectivity index (χ0) is 14.7. The van der Waals surface area contributed by atoms with Crippen LogP contribution in [-0.4, -0.2) is 52.1 Å². The number of likely N-dealkylation sites (tertiary alicyclic amines) is 1. The number of amides is 2. The summed E-state index contributed by atoms with van der Waals surface area (Å²) in [5.41, 5.74) is 0. The number of urea groups is 1. The molecule has 1 aliphatic heterocycles. The third-order valence-electron chi connectivity index (χ3n) is 4.94. The molecule has 5 nitrogen and oxygen atoms in total. The Kier molecular flexibility index (Phi) is 4.89. The third kappa shape index (κ3) is 3.25. The van der Waals surface area contributed by atoms with E-state index in [0.717, 1.165) is 45.1 Å². The topological polar surface area (TPSA) is 60.9 Å². The minimum Gasteiger partial charge on any atom is -0.480 e. The fraction of sp³-hybridized carbons (Fsp3) is 0.867. The van der Waals surface area contributed by atoms with E-state index in [0.29, 0.717) is 5.92 Å². The molecule has 0 spiro atoms. The first-order chi connectivity index (χ1) is 9.50.